The SMILES string of the molecule is CC.CCOCCOCCOCCOCCC(=O)NC1CCC(C(=O)C(C)C)CC1.[HH]. The normalized spacial score (nSPS) is 18.6. The van der Waals surface area contributed by atoms with Crippen molar-refractivity contribution in [1.29, 1.82) is 0 Å². The highest BCUT2D eigenvalue weighted by Crippen LogP contribution is 2.27. The molecule has 1 rings (SSSR count). The summed E-state index contributed by atoms with van der Waals surface area (Å²) in [6.45, 7) is 14.2. The van der Waals surface area contributed by atoms with Gasteiger partial charge < -0.3 is 24.3 Å². The van der Waals surface area contributed by atoms with E-state index in [9.17, 15) is 9.59 Å². The molecule has 0 unspecified atom stereocenters. The third kappa shape index (κ3) is 14.9. The molecule has 0 aromatic carbocycles. The standard InChI is InChI=1S/C21H39NO6.C2H6.H2/c1-4-25-11-12-27-15-16-28-14-13-26-10-9-20(23)22-19-7-5-18(6-8-19)21(24)17(2)3;1-2;/h17-19H,4-16H2,1-3H3,(H,22,23);1-2H3;1H. The van der Waals surface area contributed by atoms with Crippen LogP contribution in [-0.2, 0) is 28.5 Å². The topological polar surface area (TPSA) is 83.1 Å². The summed E-state index contributed by atoms with van der Waals surface area (Å²) in [6.07, 6.45) is 3.88. The van der Waals surface area contributed by atoms with E-state index in [2.05, 4.69) is 5.32 Å². The largest absolute Gasteiger partial charge is 0.379 e. The zero-order chi connectivity index (χ0) is 22.6. The molecule has 0 aromatic heterocycles. The van der Waals surface area contributed by atoms with Crippen LogP contribution in [0.15, 0.2) is 0 Å². The van der Waals surface area contributed by atoms with E-state index in [4.69, 9.17) is 18.9 Å². The van der Waals surface area contributed by atoms with E-state index in [1.54, 1.807) is 0 Å². The molecule has 1 amide bonds. The van der Waals surface area contributed by atoms with Gasteiger partial charge in [0.05, 0.1) is 46.2 Å². The lowest BCUT2D eigenvalue weighted by Gasteiger charge is -2.29. The Labute approximate surface area is 185 Å². The minimum absolute atomic E-state index is 0. The van der Waals surface area contributed by atoms with Crippen molar-refractivity contribution in [2.45, 2.75) is 72.8 Å². The fourth-order valence-electron chi connectivity index (χ4n) is 3.26. The van der Waals surface area contributed by atoms with Crippen LogP contribution in [0.3, 0.4) is 0 Å². The van der Waals surface area contributed by atoms with E-state index in [1.807, 2.05) is 34.6 Å². The van der Waals surface area contributed by atoms with E-state index in [0.29, 0.717) is 65.1 Å². The van der Waals surface area contributed by atoms with Crippen LogP contribution >= 0.6 is 0 Å². The van der Waals surface area contributed by atoms with Crippen molar-refractivity contribution in [3.8, 4) is 0 Å². The Kier molecular flexibility index (Phi) is 19.2. The van der Waals surface area contributed by atoms with Gasteiger partial charge in [-0.25, -0.2) is 0 Å². The lowest BCUT2D eigenvalue weighted by Crippen LogP contribution is -2.39. The molecule has 1 aliphatic carbocycles. The highest BCUT2D eigenvalue weighted by atomic mass is 16.6. The van der Waals surface area contributed by atoms with Crippen molar-refractivity contribution in [3.05, 3.63) is 0 Å². The summed E-state index contributed by atoms with van der Waals surface area (Å²) in [4.78, 5) is 24.0. The van der Waals surface area contributed by atoms with Crippen molar-refractivity contribution < 1.29 is 30.0 Å². The lowest BCUT2D eigenvalue weighted by atomic mass is 9.80. The number of nitrogens with one attached hydrogen (secondary N) is 1. The van der Waals surface area contributed by atoms with E-state index in [1.165, 1.54) is 0 Å². The molecule has 1 N–H and O–H groups in total. The number of hydrogen-bond donors (Lipinski definition) is 1. The van der Waals surface area contributed by atoms with Crippen LogP contribution in [0.5, 0.6) is 0 Å². The molecule has 7 nitrogen and oxygen atoms in total. The van der Waals surface area contributed by atoms with E-state index < -0.39 is 0 Å². The Morgan fingerprint density at radius 3 is 1.77 bits per heavy atom. The predicted molar refractivity (Wildman–Crippen MR) is 121 cm³/mol. The summed E-state index contributed by atoms with van der Waals surface area (Å²) < 4.78 is 21.3. The second-order valence-corrected chi connectivity index (χ2v) is 7.46. The second kappa shape index (κ2) is 19.9. The first-order chi connectivity index (χ1) is 14.5. The quantitative estimate of drug-likeness (QED) is 0.374. The molecule has 0 bridgehead atoms. The third-order valence-electron chi connectivity index (χ3n) is 4.86. The first kappa shape index (κ1) is 29.0. The van der Waals surface area contributed by atoms with E-state index >= 15 is 0 Å². The van der Waals surface area contributed by atoms with Gasteiger partial charge in [-0.15, -0.1) is 0 Å². The Bertz CT molecular complexity index is 428. The number of carbonyl (C=O) groups excluding carboxylic acids is 2. The molecule has 0 aliphatic heterocycles. The molecule has 0 heterocycles. The number of rotatable bonds is 16. The molecule has 180 valence electrons. The van der Waals surface area contributed by atoms with Crippen molar-refractivity contribution in [3.63, 3.8) is 0 Å². The van der Waals surface area contributed by atoms with Gasteiger partial charge >= 0.3 is 0 Å². The molecule has 0 aromatic rings. The molecular weight excluding hydrogens is 386 g/mol. The molecule has 0 radical (unpaired) electrons. The average Bonchev–Trinajstić information content (AvgIpc) is 2.76. The van der Waals surface area contributed by atoms with Crippen LogP contribution in [0.4, 0.5) is 0 Å². The van der Waals surface area contributed by atoms with Gasteiger partial charge in [0.1, 0.15) is 5.78 Å². The maximum Gasteiger partial charge on any atom is 0.222 e. The third-order valence-corrected chi connectivity index (χ3v) is 4.86. The maximum absolute atomic E-state index is 12.0. The van der Waals surface area contributed by atoms with E-state index in [0.717, 1.165) is 25.7 Å². The highest BCUT2D eigenvalue weighted by molar-refractivity contribution is 5.83. The number of Topliss-reactive ketones (excluding diaryl/α,β-unsaturated/α-hetero) is 1. The maximum atomic E-state index is 12.0. The minimum Gasteiger partial charge on any atom is -0.379 e. The average molecular weight is 434 g/mol. The number of carbonyl (C=O) groups is 2. The van der Waals surface area contributed by atoms with Gasteiger partial charge in [-0.2, -0.15) is 0 Å². The molecule has 1 aliphatic rings. The molecule has 0 atom stereocenters. The summed E-state index contributed by atoms with van der Waals surface area (Å²) in [5.41, 5.74) is 0. The Balaban J connectivity index is 0. The first-order valence-corrected chi connectivity index (χ1v) is 11.7. The zero-order valence-corrected chi connectivity index (χ0v) is 19.9. The van der Waals surface area contributed by atoms with Crippen LogP contribution in [0.2, 0.25) is 0 Å². The van der Waals surface area contributed by atoms with Gasteiger partial charge in [-0.3, -0.25) is 9.59 Å². The van der Waals surface area contributed by atoms with Crippen molar-refractivity contribution in [2.24, 2.45) is 11.8 Å². The Morgan fingerprint density at radius 1 is 0.833 bits per heavy atom. The molecule has 30 heavy (non-hydrogen) atoms. The Morgan fingerprint density at radius 2 is 1.30 bits per heavy atom. The van der Waals surface area contributed by atoms with Gasteiger partial charge in [-0.1, -0.05) is 27.7 Å². The molecule has 0 spiro atoms. The van der Waals surface area contributed by atoms with Crippen LogP contribution < -0.4 is 5.32 Å². The van der Waals surface area contributed by atoms with Crippen LogP contribution in [-0.4, -0.2) is 70.6 Å². The molecule has 1 fully saturated rings. The van der Waals surface area contributed by atoms with Gasteiger partial charge in [0, 0.05) is 32.3 Å². The summed E-state index contributed by atoms with van der Waals surface area (Å²) in [6, 6.07) is 0.190. The van der Waals surface area contributed by atoms with Crippen LogP contribution in [0, 0.1) is 11.8 Å². The number of hydrogen-bond acceptors (Lipinski definition) is 6. The lowest BCUT2D eigenvalue weighted by molar-refractivity contribution is -0.127. The monoisotopic (exact) mass is 433 g/mol. The summed E-state index contributed by atoms with van der Waals surface area (Å²) >= 11 is 0. The smallest absolute Gasteiger partial charge is 0.222 e. The predicted octanol–water partition coefficient (Wildman–Crippen LogP) is 3.64. The van der Waals surface area contributed by atoms with Crippen molar-refractivity contribution in [1.82, 2.24) is 5.32 Å². The number of amides is 1. The van der Waals surface area contributed by atoms with Crippen LogP contribution in [0.25, 0.3) is 0 Å². The molecule has 7 heteroatoms. The van der Waals surface area contributed by atoms with Crippen molar-refractivity contribution >= 4 is 11.7 Å². The van der Waals surface area contributed by atoms with Crippen LogP contribution in [0.1, 0.15) is 68.1 Å². The molecule has 1 saturated carbocycles. The summed E-state index contributed by atoms with van der Waals surface area (Å²) in [5, 5.41) is 3.06. The fraction of sp³-hybridized carbons (Fsp3) is 0.913. The van der Waals surface area contributed by atoms with Gasteiger partial charge in [0.15, 0.2) is 0 Å². The summed E-state index contributed by atoms with van der Waals surface area (Å²) in [7, 11) is 0. The number of ketones is 1. The minimum atomic E-state index is 0. The highest BCUT2D eigenvalue weighted by Gasteiger charge is 2.28. The van der Waals surface area contributed by atoms with Gasteiger partial charge in [-0.05, 0) is 32.6 Å². The Hall–Kier alpha value is -1.02. The summed E-state index contributed by atoms with van der Waals surface area (Å²) in [5.74, 6) is 0.650. The molecule has 0 saturated heterocycles. The molecular formula is C23H47NO6. The second-order valence-electron chi connectivity index (χ2n) is 7.46. The number of ether oxygens (including phenoxy) is 4. The van der Waals surface area contributed by atoms with E-state index in [-0.39, 0.29) is 25.2 Å². The zero-order valence-electron chi connectivity index (χ0n) is 19.9. The van der Waals surface area contributed by atoms with Gasteiger partial charge in [0.2, 0.25) is 5.91 Å². The van der Waals surface area contributed by atoms with Crippen molar-refractivity contribution in [2.75, 3.05) is 52.9 Å². The van der Waals surface area contributed by atoms with Gasteiger partial charge in [0.25, 0.3) is 0 Å². The first-order valence-electron chi connectivity index (χ1n) is 11.7. The fourth-order valence-corrected chi connectivity index (χ4v) is 3.26.